The molecule has 2 aromatic carbocycles. The Labute approximate surface area is 187 Å². The molecule has 0 unspecified atom stereocenters. The highest BCUT2D eigenvalue weighted by Crippen LogP contribution is 2.36. The molecule has 2 aromatic heterocycles. The van der Waals surface area contributed by atoms with Crippen LogP contribution in [0.15, 0.2) is 78.0 Å². The number of hydrogen-bond donors (Lipinski definition) is 0. The highest BCUT2D eigenvalue weighted by molar-refractivity contribution is 6.31. The fourth-order valence-corrected chi connectivity index (χ4v) is 4.26. The van der Waals surface area contributed by atoms with Gasteiger partial charge in [0, 0.05) is 24.2 Å². The fourth-order valence-electron chi connectivity index (χ4n) is 4.07. The van der Waals surface area contributed by atoms with Crippen LogP contribution >= 0.6 is 11.6 Å². The number of carbonyl (C=O) groups is 1. The van der Waals surface area contributed by atoms with E-state index in [1.54, 1.807) is 53.2 Å². The summed E-state index contributed by atoms with van der Waals surface area (Å²) in [5.41, 5.74) is 0.107. The minimum atomic E-state index is -1.57. The smallest absolute Gasteiger partial charge is 0.275 e. The van der Waals surface area contributed by atoms with E-state index in [1.807, 2.05) is 6.07 Å². The molecule has 5 nitrogen and oxygen atoms in total. The third-order valence-corrected chi connectivity index (χ3v) is 6.14. The molecule has 1 saturated heterocycles. The summed E-state index contributed by atoms with van der Waals surface area (Å²) in [6.45, 7) is -0.288. The number of rotatable bonds is 4. The van der Waals surface area contributed by atoms with E-state index < -0.39 is 11.5 Å². The van der Waals surface area contributed by atoms with Crippen LogP contribution in [0.5, 0.6) is 0 Å². The first kappa shape index (κ1) is 20.5. The molecule has 0 spiro atoms. The zero-order valence-electron chi connectivity index (χ0n) is 16.8. The highest BCUT2D eigenvalue weighted by Gasteiger charge is 2.46. The van der Waals surface area contributed by atoms with Gasteiger partial charge in [0.15, 0.2) is 5.67 Å². The standard InChI is InChI=1S/C24H18ClF2N3O2/c25-19-12-16(6-7-20(19)26)18-8-9-28-10-11-29(23(32)22(18)28)13-21(31)30-14-24(27,15-30)17-4-2-1-3-5-17/h1-12H,13-15H2. The van der Waals surface area contributed by atoms with Crippen LogP contribution in [-0.4, -0.2) is 32.9 Å². The molecule has 5 rings (SSSR count). The van der Waals surface area contributed by atoms with Crippen molar-refractivity contribution >= 4 is 23.0 Å². The predicted octanol–water partition coefficient (Wildman–Crippen LogP) is 4.27. The van der Waals surface area contributed by atoms with E-state index in [-0.39, 0.29) is 36.1 Å². The lowest BCUT2D eigenvalue weighted by Gasteiger charge is -2.44. The highest BCUT2D eigenvalue weighted by atomic mass is 35.5. The topological polar surface area (TPSA) is 46.7 Å². The number of fused-ring (bicyclic) bond motifs is 1. The average Bonchev–Trinajstić information content (AvgIpc) is 3.21. The average molecular weight is 454 g/mol. The number of amides is 1. The Morgan fingerprint density at radius 1 is 1.03 bits per heavy atom. The molecular weight excluding hydrogens is 436 g/mol. The van der Waals surface area contributed by atoms with Crippen molar-refractivity contribution in [2.45, 2.75) is 12.2 Å². The third-order valence-electron chi connectivity index (χ3n) is 5.85. The van der Waals surface area contributed by atoms with Crippen LogP contribution in [-0.2, 0) is 17.0 Å². The van der Waals surface area contributed by atoms with Gasteiger partial charge in [0.1, 0.15) is 17.9 Å². The molecule has 1 amide bonds. The number of benzene rings is 2. The maximum absolute atomic E-state index is 15.0. The van der Waals surface area contributed by atoms with Crippen molar-refractivity contribution < 1.29 is 13.6 Å². The molecule has 1 fully saturated rings. The van der Waals surface area contributed by atoms with Crippen LogP contribution in [0, 0.1) is 5.82 Å². The number of halogens is 3. The van der Waals surface area contributed by atoms with E-state index in [9.17, 15) is 14.0 Å². The molecule has 1 aliphatic rings. The Kier molecular flexibility index (Phi) is 4.86. The summed E-state index contributed by atoms with van der Waals surface area (Å²) in [6.07, 6.45) is 4.90. The van der Waals surface area contributed by atoms with E-state index in [4.69, 9.17) is 11.6 Å². The molecule has 162 valence electrons. The van der Waals surface area contributed by atoms with E-state index in [1.165, 1.54) is 27.8 Å². The number of aromatic nitrogens is 2. The molecule has 8 heteroatoms. The van der Waals surface area contributed by atoms with Crippen molar-refractivity contribution in [3.63, 3.8) is 0 Å². The number of nitrogens with zero attached hydrogens (tertiary/aromatic N) is 3. The molecule has 3 heterocycles. The van der Waals surface area contributed by atoms with Gasteiger partial charge in [-0.1, -0.05) is 48.0 Å². The normalized spacial score (nSPS) is 15.0. The summed E-state index contributed by atoms with van der Waals surface area (Å²) in [5.74, 6) is -0.880. The summed E-state index contributed by atoms with van der Waals surface area (Å²) in [5, 5.41) is -0.0424. The molecular formula is C24H18ClF2N3O2. The monoisotopic (exact) mass is 453 g/mol. The number of hydrogen-bond acceptors (Lipinski definition) is 2. The number of alkyl halides is 1. The molecule has 32 heavy (non-hydrogen) atoms. The van der Waals surface area contributed by atoms with Crippen molar-refractivity contribution in [1.82, 2.24) is 13.9 Å². The summed E-state index contributed by atoms with van der Waals surface area (Å²) in [4.78, 5) is 27.3. The molecule has 0 radical (unpaired) electrons. The van der Waals surface area contributed by atoms with Gasteiger partial charge in [-0.3, -0.25) is 9.59 Å². The summed E-state index contributed by atoms with van der Waals surface area (Å²) < 4.78 is 31.5. The summed E-state index contributed by atoms with van der Waals surface area (Å²) >= 11 is 5.90. The van der Waals surface area contributed by atoms with Gasteiger partial charge in [-0.05, 0) is 29.3 Å². The second kappa shape index (κ2) is 7.60. The third kappa shape index (κ3) is 3.39. The van der Waals surface area contributed by atoms with Gasteiger partial charge in [-0.2, -0.15) is 0 Å². The lowest BCUT2D eigenvalue weighted by atomic mass is 9.88. The first-order valence-corrected chi connectivity index (χ1v) is 10.4. The first-order chi connectivity index (χ1) is 15.4. The Bertz CT molecular complexity index is 1390. The fraction of sp³-hybridized carbons (Fsp3) is 0.167. The maximum atomic E-state index is 15.0. The minimum absolute atomic E-state index is 0.0424. The molecule has 0 N–H and O–H groups in total. The van der Waals surface area contributed by atoms with Crippen LogP contribution in [0.2, 0.25) is 5.02 Å². The van der Waals surface area contributed by atoms with Crippen molar-refractivity contribution in [2.24, 2.45) is 0 Å². The van der Waals surface area contributed by atoms with E-state index in [0.717, 1.165) is 0 Å². The van der Waals surface area contributed by atoms with Crippen molar-refractivity contribution in [1.29, 1.82) is 0 Å². The van der Waals surface area contributed by atoms with Gasteiger partial charge in [-0.25, -0.2) is 8.78 Å². The van der Waals surface area contributed by atoms with E-state index in [0.29, 0.717) is 22.2 Å². The number of likely N-dealkylation sites (tertiary alicyclic amines) is 1. The Morgan fingerprint density at radius 3 is 2.50 bits per heavy atom. The Balaban J connectivity index is 1.40. The van der Waals surface area contributed by atoms with Crippen LogP contribution in [0.1, 0.15) is 5.56 Å². The van der Waals surface area contributed by atoms with E-state index >= 15 is 4.39 Å². The van der Waals surface area contributed by atoms with Crippen molar-refractivity contribution in [2.75, 3.05) is 13.1 Å². The van der Waals surface area contributed by atoms with Crippen LogP contribution in [0.3, 0.4) is 0 Å². The molecule has 4 aromatic rings. The Morgan fingerprint density at radius 2 is 1.78 bits per heavy atom. The van der Waals surface area contributed by atoms with Crippen LogP contribution in [0.25, 0.3) is 16.6 Å². The lowest BCUT2D eigenvalue weighted by Crippen LogP contribution is -2.59. The van der Waals surface area contributed by atoms with Crippen molar-refractivity contribution in [3.05, 3.63) is 99.9 Å². The number of carbonyl (C=O) groups excluding carboxylic acids is 1. The van der Waals surface area contributed by atoms with Crippen LogP contribution in [0.4, 0.5) is 8.78 Å². The largest absolute Gasteiger partial charge is 0.334 e. The predicted molar refractivity (Wildman–Crippen MR) is 118 cm³/mol. The van der Waals surface area contributed by atoms with Crippen molar-refractivity contribution in [3.8, 4) is 11.1 Å². The summed E-state index contributed by atoms with van der Waals surface area (Å²) in [6, 6.07) is 14.7. The van der Waals surface area contributed by atoms with Gasteiger partial charge in [-0.15, -0.1) is 0 Å². The van der Waals surface area contributed by atoms with Gasteiger partial charge in [0.25, 0.3) is 5.56 Å². The van der Waals surface area contributed by atoms with Gasteiger partial charge < -0.3 is 13.9 Å². The van der Waals surface area contributed by atoms with Gasteiger partial charge >= 0.3 is 0 Å². The molecule has 0 saturated carbocycles. The molecule has 1 aliphatic heterocycles. The lowest BCUT2D eigenvalue weighted by molar-refractivity contribution is -0.147. The van der Waals surface area contributed by atoms with E-state index in [2.05, 4.69) is 0 Å². The molecule has 0 aliphatic carbocycles. The SMILES string of the molecule is O=C(Cn1ccn2ccc(-c3ccc(F)c(Cl)c3)c2c1=O)N1CC(F)(c2ccccc2)C1. The molecule has 0 bridgehead atoms. The van der Waals surface area contributed by atoms with Gasteiger partial charge in [0.05, 0.1) is 18.1 Å². The summed E-state index contributed by atoms with van der Waals surface area (Å²) in [7, 11) is 0. The molecule has 0 atom stereocenters. The zero-order valence-corrected chi connectivity index (χ0v) is 17.6. The quantitative estimate of drug-likeness (QED) is 0.463. The second-order valence-corrected chi connectivity index (χ2v) is 8.33. The first-order valence-electron chi connectivity index (χ1n) is 10.0. The Hall–Kier alpha value is -3.45. The second-order valence-electron chi connectivity index (χ2n) is 7.93. The van der Waals surface area contributed by atoms with Gasteiger partial charge in [0.2, 0.25) is 5.91 Å². The minimum Gasteiger partial charge on any atom is -0.334 e. The van der Waals surface area contributed by atoms with Crippen LogP contribution < -0.4 is 5.56 Å². The zero-order chi connectivity index (χ0) is 22.5. The maximum Gasteiger partial charge on any atom is 0.275 e.